The average Bonchev–Trinajstić information content (AvgIpc) is 2.73. The third-order valence-corrected chi connectivity index (χ3v) is 3.93. The van der Waals surface area contributed by atoms with Crippen LogP contribution < -0.4 is 5.73 Å². The summed E-state index contributed by atoms with van der Waals surface area (Å²) < 4.78 is 0. The molecule has 0 radical (unpaired) electrons. The van der Waals surface area contributed by atoms with Crippen LogP contribution in [0.1, 0.15) is 25.3 Å². The maximum atomic E-state index is 11.9. The van der Waals surface area contributed by atoms with Gasteiger partial charge in [0.2, 0.25) is 5.91 Å². The number of amides is 1. The summed E-state index contributed by atoms with van der Waals surface area (Å²) in [4.78, 5) is 13.9. The third-order valence-electron chi connectivity index (χ3n) is 3.93. The number of hydrogen-bond acceptors (Lipinski definition) is 2. The smallest absolute Gasteiger partial charge is 0.224 e. The van der Waals surface area contributed by atoms with Crippen LogP contribution in [0.2, 0.25) is 0 Å². The maximum Gasteiger partial charge on any atom is 0.224 e. The summed E-state index contributed by atoms with van der Waals surface area (Å²) in [5, 5.41) is 0. The molecule has 1 fully saturated rings. The first-order valence-corrected chi connectivity index (χ1v) is 6.76. The maximum absolute atomic E-state index is 11.9. The minimum absolute atomic E-state index is 0.209. The van der Waals surface area contributed by atoms with E-state index in [1.54, 1.807) is 0 Å². The van der Waals surface area contributed by atoms with Crippen molar-refractivity contribution in [3.05, 3.63) is 35.9 Å². The number of hydrogen-bond donors (Lipinski definition) is 1. The van der Waals surface area contributed by atoms with E-state index in [0.717, 1.165) is 19.4 Å². The Labute approximate surface area is 109 Å². The van der Waals surface area contributed by atoms with Crippen LogP contribution in [0.25, 0.3) is 0 Å². The summed E-state index contributed by atoms with van der Waals surface area (Å²) in [5.74, 6) is 0.787. The molecule has 1 heterocycles. The van der Waals surface area contributed by atoms with Crippen molar-refractivity contribution in [3.8, 4) is 0 Å². The molecule has 1 amide bonds. The SMILES string of the molecule is C[C@H]1[C@@H](Cc2ccccc2)CCN1C(=O)CCN. The van der Waals surface area contributed by atoms with E-state index >= 15 is 0 Å². The molecule has 2 atom stereocenters. The quantitative estimate of drug-likeness (QED) is 0.880. The number of likely N-dealkylation sites (tertiary alicyclic amines) is 1. The van der Waals surface area contributed by atoms with Crippen molar-refractivity contribution in [2.45, 2.75) is 32.2 Å². The number of nitrogens with zero attached hydrogens (tertiary/aromatic N) is 1. The second kappa shape index (κ2) is 6.01. The Morgan fingerprint density at radius 1 is 1.39 bits per heavy atom. The second-order valence-electron chi connectivity index (χ2n) is 5.10. The molecule has 3 heteroatoms. The van der Waals surface area contributed by atoms with Crippen molar-refractivity contribution in [1.29, 1.82) is 0 Å². The van der Waals surface area contributed by atoms with Crippen molar-refractivity contribution < 1.29 is 4.79 Å². The Hall–Kier alpha value is -1.35. The fraction of sp³-hybridized carbons (Fsp3) is 0.533. The van der Waals surface area contributed by atoms with E-state index in [-0.39, 0.29) is 5.91 Å². The molecule has 0 spiro atoms. The van der Waals surface area contributed by atoms with Crippen molar-refractivity contribution >= 4 is 5.91 Å². The fourth-order valence-corrected chi connectivity index (χ4v) is 2.81. The first-order chi connectivity index (χ1) is 8.72. The predicted molar refractivity (Wildman–Crippen MR) is 73.1 cm³/mol. The van der Waals surface area contributed by atoms with Gasteiger partial charge in [-0.15, -0.1) is 0 Å². The number of benzene rings is 1. The fourth-order valence-electron chi connectivity index (χ4n) is 2.81. The van der Waals surface area contributed by atoms with E-state index in [1.165, 1.54) is 5.56 Å². The molecule has 2 rings (SSSR count). The van der Waals surface area contributed by atoms with Gasteiger partial charge in [-0.1, -0.05) is 30.3 Å². The molecule has 1 saturated heterocycles. The summed E-state index contributed by atoms with van der Waals surface area (Å²) in [7, 11) is 0. The lowest BCUT2D eigenvalue weighted by atomic mass is 9.93. The zero-order chi connectivity index (χ0) is 13.0. The van der Waals surface area contributed by atoms with Crippen molar-refractivity contribution in [2.24, 2.45) is 11.7 Å². The highest BCUT2D eigenvalue weighted by Gasteiger charge is 2.32. The van der Waals surface area contributed by atoms with Gasteiger partial charge in [0.05, 0.1) is 0 Å². The van der Waals surface area contributed by atoms with Gasteiger partial charge >= 0.3 is 0 Å². The van der Waals surface area contributed by atoms with Crippen LogP contribution in [0, 0.1) is 5.92 Å². The predicted octanol–water partition coefficient (Wildman–Crippen LogP) is 1.81. The van der Waals surface area contributed by atoms with Gasteiger partial charge in [-0.3, -0.25) is 4.79 Å². The van der Waals surface area contributed by atoms with E-state index in [4.69, 9.17) is 5.73 Å². The van der Waals surface area contributed by atoms with E-state index < -0.39 is 0 Å². The molecule has 1 aromatic rings. The molecule has 0 bridgehead atoms. The topological polar surface area (TPSA) is 46.3 Å². The van der Waals surface area contributed by atoms with Crippen molar-refractivity contribution in [3.63, 3.8) is 0 Å². The summed E-state index contributed by atoms with van der Waals surface area (Å²) in [5.41, 5.74) is 6.82. The lowest BCUT2D eigenvalue weighted by Crippen LogP contribution is -2.37. The standard InChI is InChI=1S/C15H22N2O/c1-12-14(11-13-5-3-2-4-6-13)8-10-17(12)15(18)7-9-16/h2-6,12,14H,7-11,16H2,1H3/t12-,14+/m0/s1. The van der Waals surface area contributed by atoms with Crippen molar-refractivity contribution in [1.82, 2.24) is 4.90 Å². The van der Waals surface area contributed by atoms with Crippen LogP contribution in [0.4, 0.5) is 0 Å². The zero-order valence-electron chi connectivity index (χ0n) is 11.0. The minimum Gasteiger partial charge on any atom is -0.340 e. The van der Waals surface area contributed by atoms with Crippen LogP contribution in [-0.4, -0.2) is 29.9 Å². The lowest BCUT2D eigenvalue weighted by molar-refractivity contribution is -0.131. The van der Waals surface area contributed by atoms with E-state index in [1.807, 2.05) is 11.0 Å². The molecule has 0 aliphatic carbocycles. The Morgan fingerprint density at radius 3 is 2.78 bits per heavy atom. The molecule has 18 heavy (non-hydrogen) atoms. The molecule has 2 N–H and O–H groups in total. The van der Waals surface area contributed by atoms with E-state index in [9.17, 15) is 4.79 Å². The summed E-state index contributed by atoms with van der Waals surface area (Å²) >= 11 is 0. The van der Waals surface area contributed by atoms with Gasteiger partial charge < -0.3 is 10.6 Å². The lowest BCUT2D eigenvalue weighted by Gasteiger charge is -2.24. The molecule has 1 aliphatic heterocycles. The van der Waals surface area contributed by atoms with Gasteiger partial charge in [-0.25, -0.2) is 0 Å². The number of carbonyl (C=O) groups is 1. The highest BCUT2D eigenvalue weighted by molar-refractivity contribution is 5.77. The molecular formula is C15H22N2O. The Morgan fingerprint density at radius 2 is 2.11 bits per heavy atom. The minimum atomic E-state index is 0.209. The monoisotopic (exact) mass is 246 g/mol. The number of nitrogens with two attached hydrogens (primary N) is 1. The number of carbonyl (C=O) groups excluding carboxylic acids is 1. The highest BCUT2D eigenvalue weighted by Crippen LogP contribution is 2.27. The first kappa shape index (κ1) is 13.1. The first-order valence-electron chi connectivity index (χ1n) is 6.76. The molecule has 1 aromatic carbocycles. The zero-order valence-corrected chi connectivity index (χ0v) is 11.0. The number of rotatable bonds is 4. The molecular weight excluding hydrogens is 224 g/mol. The van der Waals surface area contributed by atoms with Crippen LogP contribution in [0.3, 0.4) is 0 Å². The molecule has 0 aromatic heterocycles. The molecule has 1 aliphatic rings. The molecule has 3 nitrogen and oxygen atoms in total. The van der Waals surface area contributed by atoms with Crippen LogP contribution in [0.15, 0.2) is 30.3 Å². The molecule has 98 valence electrons. The Kier molecular flexibility index (Phi) is 4.37. The van der Waals surface area contributed by atoms with Gasteiger partial charge in [-0.2, -0.15) is 0 Å². The Balaban J connectivity index is 1.95. The highest BCUT2D eigenvalue weighted by atomic mass is 16.2. The average molecular weight is 246 g/mol. The summed E-state index contributed by atoms with van der Waals surface area (Å²) in [6, 6.07) is 10.9. The largest absolute Gasteiger partial charge is 0.340 e. The van der Waals surface area contributed by atoms with Crippen LogP contribution >= 0.6 is 0 Å². The summed E-state index contributed by atoms with van der Waals surface area (Å²) in [6.07, 6.45) is 2.64. The second-order valence-corrected chi connectivity index (χ2v) is 5.10. The van der Waals surface area contributed by atoms with Gasteiger partial charge in [0.25, 0.3) is 0 Å². The Bertz CT molecular complexity index is 391. The molecule has 0 saturated carbocycles. The van der Waals surface area contributed by atoms with Crippen molar-refractivity contribution in [2.75, 3.05) is 13.1 Å². The van der Waals surface area contributed by atoms with Gasteiger partial charge in [0.15, 0.2) is 0 Å². The van der Waals surface area contributed by atoms with Crippen LogP contribution in [0.5, 0.6) is 0 Å². The molecule has 0 unspecified atom stereocenters. The summed E-state index contributed by atoms with van der Waals surface area (Å²) in [6.45, 7) is 3.50. The van der Waals surface area contributed by atoms with Gasteiger partial charge in [0, 0.05) is 25.6 Å². The third kappa shape index (κ3) is 2.91. The van der Waals surface area contributed by atoms with Crippen LogP contribution in [-0.2, 0) is 11.2 Å². The van der Waals surface area contributed by atoms with E-state index in [2.05, 4.69) is 31.2 Å². The van der Waals surface area contributed by atoms with Gasteiger partial charge in [-0.05, 0) is 31.2 Å². The normalized spacial score (nSPS) is 23.3. The van der Waals surface area contributed by atoms with Gasteiger partial charge in [0.1, 0.15) is 0 Å². The van der Waals surface area contributed by atoms with E-state index in [0.29, 0.717) is 24.9 Å².